The minimum Gasteiger partial charge on any atom is -0.481 e. The molecule has 0 bridgehead atoms. The molecule has 4 amide bonds. The number of benzene rings is 1. The zero-order valence-corrected chi connectivity index (χ0v) is 19.2. The molecule has 0 aliphatic rings. The van der Waals surface area contributed by atoms with Crippen LogP contribution in [0.15, 0.2) is 30.5 Å². The third kappa shape index (κ3) is 8.39. The number of nitrogens with two attached hydrogens (primary N) is 2. The van der Waals surface area contributed by atoms with E-state index >= 15 is 0 Å². The standard InChI is InChI=1S/C22H28N6O8/c23-13(8-19(31)32)20(33)26-10-18(30)27-15(5-6-17(24)29)21(34)28-16(22(35)36)7-11-9-25-14-4-2-1-3-12(11)14/h1-4,9,13,15-16,25H,5-8,10,23H2,(H2,24,29)(H,26,33)(H,27,30)(H,28,34)(H,31,32)(H,35,36). The molecule has 0 spiro atoms. The van der Waals surface area contributed by atoms with Crippen molar-refractivity contribution < 1.29 is 39.0 Å². The first-order valence-electron chi connectivity index (χ1n) is 10.9. The molecule has 14 heteroatoms. The molecule has 0 radical (unpaired) electrons. The molecule has 0 aliphatic carbocycles. The first kappa shape index (κ1) is 27.8. The van der Waals surface area contributed by atoms with Gasteiger partial charge in [0.15, 0.2) is 0 Å². The van der Waals surface area contributed by atoms with Crippen LogP contribution >= 0.6 is 0 Å². The second-order valence-electron chi connectivity index (χ2n) is 8.01. The van der Waals surface area contributed by atoms with Crippen LogP contribution in [0.2, 0.25) is 0 Å². The van der Waals surface area contributed by atoms with E-state index in [-0.39, 0.29) is 19.3 Å². The predicted octanol–water partition coefficient (Wildman–Crippen LogP) is -2.05. The third-order valence-corrected chi connectivity index (χ3v) is 5.20. The molecule has 2 aromatic rings. The Labute approximate surface area is 204 Å². The van der Waals surface area contributed by atoms with Crippen LogP contribution in [0.1, 0.15) is 24.8 Å². The smallest absolute Gasteiger partial charge is 0.326 e. The van der Waals surface area contributed by atoms with E-state index in [9.17, 15) is 33.9 Å². The number of carboxylic acid groups (broad SMARTS) is 2. The summed E-state index contributed by atoms with van der Waals surface area (Å²) in [5.41, 5.74) is 12.0. The predicted molar refractivity (Wildman–Crippen MR) is 125 cm³/mol. The first-order chi connectivity index (χ1) is 17.0. The highest BCUT2D eigenvalue weighted by molar-refractivity contribution is 5.93. The monoisotopic (exact) mass is 504 g/mol. The van der Waals surface area contributed by atoms with Gasteiger partial charge in [0.05, 0.1) is 19.0 Å². The number of amides is 4. The van der Waals surface area contributed by atoms with Crippen molar-refractivity contribution in [3.63, 3.8) is 0 Å². The van der Waals surface area contributed by atoms with Crippen LogP contribution in [-0.2, 0) is 35.2 Å². The summed E-state index contributed by atoms with van der Waals surface area (Å²) in [4.78, 5) is 73.6. The van der Waals surface area contributed by atoms with E-state index in [4.69, 9.17) is 16.6 Å². The maximum Gasteiger partial charge on any atom is 0.326 e. The summed E-state index contributed by atoms with van der Waals surface area (Å²) in [6.45, 7) is -0.635. The van der Waals surface area contributed by atoms with E-state index in [1.807, 2.05) is 12.1 Å². The highest BCUT2D eigenvalue weighted by Gasteiger charge is 2.28. The van der Waals surface area contributed by atoms with Crippen LogP contribution in [0.5, 0.6) is 0 Å². The van der Waals surface area contributed by atoms with Gasteiger partial charge in [0.1, 0.15) is 12.1 Å². The van der Waals surface area contributed by atoms with E-state index in [0.717, 1.165) is 10.9 Å². The maximum atomic E-state index is 12.8. The van der Waals surface area contributed by atoms with Crippen molar-refractivity contribution in [3.05, 3.63) is 36.0 Å². The number of para-hydroxylation sites is 1. The summed E-state index contributed by atoms with van der Waals surface area (Å²) in [5, 5.41) is 25.9. The van der Waals surface area contributed by atoms with E-state index in [1.54, 1.807) is 18.3 Å². The van der Waals surface area contributed by atoms with Gasteiger partial charge >= 0.3 is 11.9 Å². The zero-order valence-electron chi connectivity index (χ0n) is 19.2. The molecule has 3 atom stereocenters. The number of hydrogen-bond acceptors (Lipinski definition) is 7. The molecule has 1 aromatic heterocycles. The Bertz CT molecular complexity index is 1150. The number of primary amides is 1. The Hall–Kier alpha value is -4.46. The molecule has 2 rings (SSSR count). The molecular formula is C22H28N6O8. The van der Waals surface area contributed by atoms with Gasteiger partial charge in [0.2, 0.25) is 23.6 Å². The highest BCUT2D eigenvalue weighted by Crippen LogP contribution is 2.19. The summed E-state index contributed by atoms with van der Waals surface area (Å²) < 4.78 is 0. The second kappa shape index (κ2) is 12.9. The van der Waals surface area contributed by atoms with E-state index in [1.165, 1.54) is 0 Å². The third-order valence-electron chi connectivity index (χ3n) is 5.20. The Morgan fingerprint density at radius 1 is 0.972 bits per heavy atom. The van der Waals surface area contributed by atoms with Gasteiger partial charge < -0.3 is 42.6 Å². The number of nitrogens with one attached hydrogen (secondary N) is 4. The van der Waals surface area contributed by atoms with Crippen molar-refractivity contribution in [2.75, 3.05) is 6.54 Å². The Balaban J connectivity index is 2.05. The molecule has 0 aliphatic heterocycles. The normalized spacial score (nSPS) is 13.2. The first-order valence-corrected chi connectivity index (χ1v) is 10.9. The largest absolute Gasteiger partial charge is 0.481 e. The number of carbonyl (C=O) groups excluding carboxylic acids is 4. The number of aliphatic carboxylic acids is 2. The number of hydrogen-bond donors (Lipinski definition) is 8. The molecule has 1 heterocycles. The molecule has 0 saturated heterocycles. The summed E-state index contributed by atoms with van der Waals surface area (Å²) in [7, 11) is 0. The van der Waals surface area contributed by atoms with Gasteiger partial charge in [-0.25, -0.2) is 4.79 Å². The topological polar surface area (TPSA) is 247 Å². The second-order valence-corrected chi connectivity index (χ2v) is 8.01. The summed E-state index contributed by atoms with van der Waals surface area (Å²) in [6.07, 6.45) is 0.424. The van der Waals surface area contributed by atoms with E-state index in [2.05, 4.69) is 20.9 Å². The van der Waals surface area contributed by atoms with Crippen LogP contribution in [0, 0.1) is 0 Å². The van der Waals surface area contributed by atoms with Gasteiger partial charge in [0, 0.05) is 29.9 Å². The van der Waals surface area contributed by atoms with Crippen LogP contribution in [0.4, 0.5) is 0 Å². The average molecular weight is 505 g/mol. The number of carbonyl (C=O) groups is 6. The number of rotatable bonds is 14. The molecule has 14 nitrogen and oxygen atoms in total. The van der Waals surface area contributed by atoms with E-state index < -0.39 is 66.7 Å². The van der Waals surface area contributed by atoms with Gasteiger partial charge in [-0.3, -0.25) is 24.0 Å². The fourth-order valence-corrected chi connectivity index (χ4v) is 3.37. The minimum absolute atomic E-state index is 0.0565. The van der Waals surface area contributed by atoms with Crippen molar-refractivity contribution >= 4 is 46.5 Å². The average Bonchev–Trinajstić information content (AvgIpc) is 3.21. The van der Waals surface area contributed by atoms with Gasteiger partial charge in [-0.05, 0) is 18.1 Å². The lowest BCUT2D eigenvalue weighted by atomic mass is 10.0. The Morgan fingerprint density at radius 3 is 2.31 bits per heavy atom. The lowest BCUT2D eigenvalue weighted by Gasteiger charge is -2.21. The minimum atomic E-state index is -1.38. The fraction of sp³-hybridized carbons (Fsp3) is 0.364. The van der Waals surface area contributed by atoms with Crippen molar-refractivity contribution in [2.24, 2.45) is 11.5 Å². The van der Waals surface area contributed by atoms with Gasteiger partial charge in [-0.2, -0.15) is 0 Å². The Kier molecular flexibility index (Phi) is 9.92. The van der Waals surface area contributed by atoms with Crippen LogP contribution < -0.4 is 27.4 Å². The van der Waals surface area contributed by atoms with Crippen LogP contribution in [0.3, 0.4) is 0 Å². The highest BCUT2D eigenvalue weighted by atomic mass is 16.4. The quantitative estimate of drug-likeness (QED) is 0.141. The molecular weight excluding hydrogens is 476 g/mol. The molecule has 10 N–H and O–H groups in total. The Morgan fingerprint density at radius 2 is 1.67 bits per heavy atom. The number of aromatic amines is 1. The van der Waals surface area contributed by atoms with Gasteiger partial charge in [0.25, 0.3) is 0 Å². The fourth-order valence-electron chi connectivity index (χ4n) is 3.37. The summed E-state index contributed by atoms with van der Waals surface area (Å²) in [6, 6.07) is 3.15. The number of fused-ring (bicyclic) bond motifs is 1. The molecule has 3 unspecified atom stereocenters. The van der Waals surface area contributed by atoms with Crippen molar-refractivity contribution in [1.82, 2.24) is 20.9 Å². The molecule has 1 aromatic carbocycles. The number of carboxylic acids is 2. The van der Waals surface area contributed by atoms with Crippen molar-refractivity contribution in [2.45, 2.75) is 43.8 Å². The van der Waals surface area contributed by atoms with Crippen molar-refractivity contribution in [3.8, 4) is 0 Å². The lowest BCUT2D eigenvalue weighted by Crippen LogP contribution is -2.54. The number of aromatic nitrogens is 1. The van der Waals surface area contributed by atoms with E-state index in [0.29, 0.717) is 5.56 Å². The van der Waals surface area contributed by atoms with Crippen molar-refractivity contribution in [1.29, 1.82) is 0 Å². The molecule has 194 valence electrons. The zero-order chi connectivity index (χ0) is 26.8. The summed E-state index contributed by atoms with van der Waals surface area (Å²) in [5.74, 6) is -5.97. The summed E-state index contributed by atoms with van der Waals surface area (Å²) >= 11 is 0. The number of H-pyrrole nitrogens is 1. The molecule has 0 fully saturated rings. The van der Waals surface area contributed by atoms with Crippen LogP contribution in [0.25, 0.3) is 10.9 Å². The molecule has 36 heavy (non-hydrogen) atoms. The maximum absolute atomic E-state index is 12.8. The van der Waals surface area contributed by atoms with Crippen LogP contribution in [-0.4, -0.2) is 75.4 Å². The van der Waals surface area contributed by atoms with Gasteiger partial charge in [-0.15, -0.1) is 0 Å². The molecule has 0 saturated carbocycles. The van der Waals surface area contributed by atoms with Gasteiger partial charge in [-0.1, -0.05) is 18.2 Å². The SMILES string of the molecule is NC(=O)CCC(NC(=O)CNC(=O)C(N)CC(=O)O)C(=O)NC(Cc1c[nH]c2ccccc12)C(=O)O. The lowest BCUT2D eigenvalue weighted by molar-refractivity contribution is -0.142.